The molecule has 1 aliphatic heterocycles. The minimum absolute atomic E-state index is 0.209. The Morgan fingerprint density at radius 3 is 2.44 bits per heavy atom. The molecule has 1 atom stereocenters. The number of nitrogens with zero attached hydrogens (tertiary/aromatic N) is 1. The summed E-state index contributed by atoms with van der Waals surface area (Å²) in [5.74, 6) is -0.787. The first-order valence-corrected chi connectivity index (χ1v) is 8.36. The summed E-state index contributed by atoms with van der Waals surface area (Å²) < 4.78 is 10.6. The summed E-state index contributed by atoms with van der Waals surface area (Å²) in [7, 11) is 2.95. The van der Waals surface area contributed by atoms with Crippen molar-refractivity contribution in [2.75, 3.05) is 19.5 Å². The average molecular weight is 367 g/mol. The fourth-order valence-corrected chi connectivity index (χ4v) is 3.07. The molecular weight excluding hydrogens is 346 g/mol. The van der Waals surface area contributed by atoms with Gasteiger partial charge in [-0.25, -0.2) is 4.79 Å². The molecule has 0 fully saturated rings. The average Bonchev–Trinajstić information content (AvgIpc) is 2.80. The number of methoxy groups -OCH3 is 2. The lowest BCUT2D eigenvalue weighted by Crippen LogP contribution is -2.29. The molecule has 0 radical (unpaired) electrons. The number of carboxylic acid groups (broad SMARTS) is 1. The van der Waals surface area contributed by atoms with Crippen LogP contribution in [-0.2, 0) is 14.3 Å². The molecule has 0 bridgehead atoms. The molecule has 7 heteroatoms. The van der Waals surface area contributed by atoms with E-state index in [2.05, 4.69) is 15.6 Å². The van der Waals surface area contributed by atoms with Crippen LogP contribution in [0.2, 0.25) is 0 Å². The van der Waals surface area contributed by atoms with Gasteiger partial charge >= 0.3 is 11.9 Å². The Balaban J connectivity index is 2.25. The maximum absolute atomic E-state index is 12.0. The predicted octanol–water partition coefficient (Wildman–Crippen LogP) is 3.12. The lowest BCUT2D eigenvalue weighted by Gasteiger charge is -2.18. The van der Waals surface area contributed by atoms with Crippen LogP contribution < -0.4 is 10.6 Å². The number of fused-ring (bicyclic) bond motifs is 1. The number of anilines is 1. The van der Waals surface area contributed by atoms with Crippen LogP contribution in [0.4, 0.5) is 5.69 Å². The Hall–Kier alpha value is -3.48. The smallest absolute Gasteiger partial charge is 0.330 e. The van der Waals surface area contributed by atoms with Crippen LogP contribution in [-0.4, -0.2) is 30.3 Å². The fourth-order valence-electron chi connectivity index (χ4n) is 3.07. The second-order valence-electron chi connectivity index (χ2n) is 5.93. The van der Waals surface area contributed by atoms with Gasteiger partial charge in [-0.3, -0.25) is 4.98 Å². The molecule has 0 saturated heterocycles. The van der Waals surface area contributed by atoms with Crippen molar-refractivity contribution in [2.24, 2.45) is 0 Å². The van der Waals surface area contributed by atoms with Gasteiger partial charge in [0.15, 0.2) is 6.04 Å². The normalized spacial score (nSPS) is 16.0. The van der Waals surface area contributed by atoms with Gasteiger partial charge in [-0.2, -0.15) is 0 Å². The molecule has 3 N–H and O–H groups in total. The summed E-state index contributed by atoms with van der Waals surface area (Å²) in [6.07, 6.45) is 3.37. The van der Waals surface area contributed by atoms with Crippen LogP contribution in [0.25, 0.3) is 5.70 Å². The zero-order valence-electron chi connectivity index (χ0n) is 15.3. The molecule has 27 heavy (non-hydrogen) atoms. The minimum atomic E-state index is -0.996. The van der Waals surface area contributed by atoms with Crippen LogP contribution in [0.1, 0.15) is 24.1 Å². The highest BCUT2D eigenvalue weighted by Crippen LogP contribution is 2.35. The van der Waals surface area contributed by atoms with Crippen molar-refractivity contribution < 1.29 is 19.4 Å². The van der Waals surface area contributed by atoms with Crippen molar-refractivity contribution in [3.63, 3.8) is 0 Å². The van der Waals surface area contributed by atoms with E-state index >= 15 is 0 Å². The lowest BCUT2D eigenvalue weighted by molar-refractivity contribution is -0.139. The van der Waals surface area contributed by atoms with Crippen LogP contribution in [0.15, 0.2) is 66.0 Å². The predicted molar refractivity (Wildman–Crippen MR) is 101 cm³/mol. The van der Waals surface area contributed by atoms with Crippen molar-refractivity contribution in [3.8, 4) is 0 Å². The largest absolute Gasteiger partial charge is 0.479 e. The Morgan fingerprint density at radius 1 is 1.15 bits per heavy atom. The number of ether oxygens (including phenoxy) is 2. The molecule has 0 aliphatic carbocycles. The van der Waals surface area contributed by atoms with Gasteiger partial charge in [-0.05, 0) is 24.6 Å². The molecule has 0 saturated carbocycles. The Kier molecular flexibility index (Phi) is 5.30. The van der Waals surface area contributed by atoms with Crippen molar-refractivity contribution in [1.29, 1.82) is 0 Å². The molecule has 1 aromatic carbocycles. The third-order valence-electron chi connectivity index (χ3n) is 4.35. The van der Waals surface area contributed by atoms with Gasteiger partial charge < -0.3 is 25.2 Å². The molecule has 1 aromatic heterocycles. The van der Waals surface area contributed by atoms with E-state index in [1.165, 1.54) is 14.2 Å². The van der Waals surface area contributed by atoms with E-state index in [0.717, 1.165) is 22.5 Å². The first-order chi connectivity index (χ1) is 13.1. The van der Waals surface area contributed by atoms with E-state index in [4.69, 9.17) is 9.47 Å². The number of aliphatic carboxylic acids is 1. The number of carbonyl (C=O) groups is 1. The summed E-state index contributed by atoms with van der Waals surface area (Å²) in [4.78, 5) is 16.0. The number of benzene rings is 1. The van der Waals surface area contributed by atoms with Crippen molar-refractivity contribution in [2.45, 2.75) is 13.0 Å². The molecule has 3 rings (SSSR count). The monoisotopic (exact) mass is 367 g/mol. The zero-order chi connectivity index (χ0) is 19.4. The second-order valence-corrected chi connectivity index (χ2v) is 5.93. The molecule has 1 aliphatic rings. The van der Waals surface area contributed by atoms with Gasteiger partial charge in [0.2, 0.25) is 0 Å². The first kappa shape index (κ1) is 18.3. The highest BCUT2D eigenvalue weighted by atomic mass is 16.7. The molecule has 0 amide bonds. The quantitative estimate of drug-likeness (QED) is 0.699. The van der Waals surface area contributed by atoms with Crippen LogP contribution in [0.5, 0.6) is 0 Å². The van der Waals surface area contributed by atoms with Crippen molar-refractivity contribution in [1.82, 2.24) is 10.3 Å². The first-order valence-electron chi connectivity index (χ1n) is 8.36. The van der Waals surface area contributed by atoms with Crippen LogP contribution in [0, 0.1) is 0 Å². The Labute approximate surface area is 157 Å². The number of hydrogen-bond donors (Lipinski definition) is 3. The van der Waals surface area contributed by atoms with E-state index in [1.54, 1.807) is 18.5 Å². The standard InChI is InChI=1S/C20H21N3O4/c1-12-16(22-13-8-10-21-11-9-13)14-6-4-5-7-15(14)18(19(24)25)23-17(12)20(26-2)27-3/h4-11,18,23H,1-3H3,(H,21,22)(H,24,25). The molecule has 7 nitrogen and oxygen atoms in total. The van der Waals surface area contributed by atoms with E-state index < -0.39 is 12.0 Å². The Morgan fingerprint density at radius 2 is 1.81 bits per heavy atom. The van der Waals surface area contributed by atoms with E-state index in [0.29, 0.717) is 11.3 Å². The summed E-state index contributed by atoms with van der Waals surface area (Å²) in [6, 6.07) is 10.1. The topological polar surface area (TPSA) is 92.7 Å². The van der Waals surface area contributed by atoms with Gasteiger partial charge in [-0.1, -0.05) is 24.3 Å². The number of allylic oxidation sites excluding steroid dienone is 1. The van der Waals surface area contributed by atoms with Crippen molar-refractivity contribution >= 4 is 17.4 Å². The summed E-state index contributed by atoms with van der Waals surface area (Å²) in [5.41, 5.74) is 4.26. The number of carboxylic acids is 1. The summed E-state index contributed by atoms with van der Waals surface area (Å²) in [6.45, 7) is 1.88. The molecule has 1 unspecified atom stereocenters. The molecular formula is C20H21N3O4. The highest BCUT2D eigenvalue weighted by molar-refractivity contribution is 5.87. The van der Waals surface area contributed by atoms with Crippen LogP contribution in [0.3, 0.4) is 0 Å². The highest BCUT2D eigenvalue weighted by Gasteiger charge is 2.31. The molecule has 2 aromatic rings. The number of rotatable bonds is 5. The SMILES string of the molecule is COC(OC)=C1NC(C(=O)O)c2ccccc2C(Nc2ccncc2)=C1C. The number of nitrogens with one attached hydrogen (secondary N) is 2. The van der Waals surface area contributed by atoms with Gasteiger partial charge in [-0.15, -0.1) is 0 Å². The second kappa shape index (κ2) is 7.82. The lowest BCUT2D eigenvalue weighted by atomic mass is 9.97. The van der Waals surface area contributed by atoms with Gasteiger partial charge in [0, 0.05) is 29.2 Å². The summed E-state index contributed by atoms with van der Waals surface area (Å²) in [5, 5.41) is 16.2. The number of pyridine rings is 1. The minimum Gasteiger partial charge on any atom is -0.479 e. The molecule has 0 spiro atoms. The van der Waals surface area contributed by atoms with Crippen LogP contribution >= 0.6 is 0 Å². The maximum Gasteiger partial charge on any atom is 0.330 e. The maximum atomic E-state index is 12.0. The third-order valence-corrected chi connectivity index (χ3v) is 4.35. The van der Waals surface area contributed by atoms with Gasteiger partial charge in [0.05, 0.1) is 19.9 Å². The molecule has 140 valence electrons. The zero-order valence-corrected chi connectivity index (χ0v) is 15.3. The molecule has 2 heterocycles. The third kappa shape index (κ3) is 3.57. The fraction of sp³-hybridized carbons (Fsp3) is 0.200. The number of hydrogen-bond acceptors (Lipinski definition) is 6. The van der Waals surface area contributed by atoms with Crippen molar-refractivity contribution in [3.05, 3.63) is 77.1 Å². The van der Waals surface area contributed by atoms with E-state index in [1.807, 2.05) is 37.3 Å². The summed E-state index contributed by atoms with van der Waals surface area (Å²) >= 11 is 0. The van der Waals surface area contributed by atoms with Gasteiger partial charge in [0.1, 0.15) is 5.70 Å². The van der Waals surface area contributed by atoms with Gasteiger partial charge in [0.25, 0.3) is 0 Å². The van der Waals surface area contributed by atoms with E-state index in [-0.39, 0.29) is 5.95 Å². The Bertz CT molecular complexity index is 900. The van der Waals surface area contributed by atoms with E-state index in [9.17, 15) is 9.90 Å². The number of aromatic nitrogens is 1.